The molecular formula is C28H30N2O3. The minimum atomic E-state index is 0.435. The lowest BCUT2D eigenvalue weighted by molar-refractivity contribution is 0.278. The Morgan fingerprint density at radius 3 is 2.52 bits per heavy atom. The number of para-hydroxylation sites is 3. The number of hydrogen-bond donors (Lipinski definition) is 0. The highest BCUT2D eigenvalue weighted by Crippen LogP contribution is 2.29. The quantitative estimate of drug-likeness (QED) is 0.248. The van der Waals surface area contributed by atoms with Crippen LogP contribution in [-0.4, -0.2) is 23.3 Å². The van der Waals surface area contributed by atoms with Gasteiger partial charge in [-0.05, 0) is 61.7 Å². The number of aromatic nitrogens is 2. The zero-order valence-electron chi connectivity index (χ0n) is 19.2. The SMILES string of the molecule is C/C=C/c1ccc(OCCCCn2c(COc3ccccc3)nc3ccccc32)c(OC)c1. The second kappa shape index (κ2) is 11.2. The maximum atomic E-state index is 6.00. The third-order valence-electron chi connectivity index (χ3n) is 5.43. The molecule has 0 aliphatic rings. The van der Waals surface area contributed by atoms with Gasteiger partial charge in [-0.1, -0.05) is 48.6 Å². The molecule has 0 aliphatic carbocycles. The van der Waals surface area contributed by atoms with E-state index < -0.39 is 0 Å². The van der Waals surface area contributed by atoms with Crippen LogP contribution in [0.3, 0.4) is 0 Å². The Balaban J connectivity index is 1.36. The molecule has 0 N–H and O–H groups in total. The monoisotopic (exact) mass is 442 g/mol. The van der Waals surface area contributed by atoms with Crippen LogP contribution in [0.25, 0.3) is 17.1 Å². The molecule has 1 aromatic heterocycles. The van der Waals surface area contributed by atoms with Crippen molar-refractivity contribution >= 4 is 17.1 Å². The number of imidazole rings is 1. The fourth-order valence-corrected chi connectivity index (χ4v) is 3.80. The molecule has 0 atom stereocenters. The summed E-state index contributed by atoms with van der Waals surface area (Å²) in [5, 5.41) is 0. The molecule has 5 heteroatoms. The summed E-state index contributed by atoms with van der Waals surface area (Å²) in [7, 11) is 1.67. The van der Waals surface area contributed by atoms with Gasteiger partial charge in [0.1, 0.15) is 18.2 Å². The molecule has 4 rings (SSSR count). The molecule has 33 heavy (non-hydrogen) atoms. The first-order valence-corrected chi connectivity index (χ1v) is 11.3. The molecule has 0 aliphatic heterocycles. The van der Waals surface area contributed by atoms with E-state index in [1.165, 1.54) is 0 Å². The normalized spacial score (nSPS) is 11.2. The molecule has 0 saturated carbocycles. The fraction of sp³-hybridized carbons (Fsp3) is 0.250. The van der Waals surface area contributed by atoms with Gasteiger partial charge in [-0.15, -0.1) is 0 Å². The van der Waals surface area contributed by atoms with Crippen molar-refractivity contribution in [3.05, 3.63) is 90.3 Å². The molecular weight excluding hydrogens is 412 g/mol. The van der Waals surface area contributed by atoms with Crippen LogP contribution in [0.1, 0.15) is 31.2 Å². The van der Waals surface area contributed by atoms with Gasteiger partial charge in [-0.3, -0.25) is 0 Å². The van der Waals surface area contributed by atoms with Gasteiger partial charge in [-0.25, -0.2) is 4.98 Å². The number of nitrogens with zero attached hydrogens (tertiary/aromatic N) is 2. The van der Waals surface area contributed by atoms with Crippen molar-refractivity contribution < 1.29 is 14.2 Å². The van der Waals surface area contributed by atoms with Gasteiger partial charge in [0.05, 0.1) is 24.8 Å². The molecule has 5 nitrogen and oxygen atoms in total. The second-order valence-electron chi connectivity index (χ2n) is 7.74. The van der Waals surface area contributed by atoms with Crippen LogP contribution in [0.2, 0.25) is 0 Å². The van der Waals surface area contributed by atoms with Gasteiger partial charge in [0, 0.05) is 6.54 Å². The van der Waals surface area contributed by atoms with E-state index in [1.54, 1.807) is 7.11 Å². The number of unbranched alkanes of at least 4 members (excludes halogenated alkanes) is 1. The summed E-state index contributed by atoms with van der Waals surface area (Å²) in [4.78, 5) is 4.80. The van der Waals surface area contributed by atoms with Crippen LogP contribution in [0.4, 0.5) is 0 Å². The highest BCUT2D eigenvalue weighted by molar-refractivity contribution is 5.75. The van der Waals surface area contributed by atoms with Gasteiger partial charge < -0.3 is 18.8 Å². The summed E-state index contributed by atoms with van der Waals surface area (Å²) in [5.41, 5.74) is 3.22. The molecule has 1 heterocycles. The average Bonchev–Trinajstić information content (AvgIpc) is 3.21. The third kappa shape index (κ3) is 5.75. The van der Waals surface area contributed by atoms with Crippen molar-refractivity contribution in [3.8, 4) is 17.2 Å². The van der Waals surface area contributed by atoms with Gasteiger partial charge in [-0.2, -0.15) is 0 Å². The number of rotatable bonds is 11. The lowest BCUT2D eigenvalue weighted by atomic mass is 10.2. The summed E-state index contributed by atoms with van der Waals surface area (Å²) in [6.45, 7) is 3.92. The predicted octanol–water partition coefficient (Wildman–Crippen LogP) is 6.52. The number of fused-ring (bicyclic) bond motifs is 1. The third-order valence-corrected chi connectivity index (χ3v) is 5.43. The van der Waals surface area contributed by atoms with E-state index in [9.17, 15) is 0 Å². The molecule has 0 bridgehead atoms. The van der Waals surface area contributed by atoms with E-state index in [2.05, 4.69) is 16.7 Å². The number of ether oxygens (including phenoxy) is 3. The Hall–Kier alpha value is -3.73. The van der Waals surface area contributed by atoms with Crippen molar-refractivity contribution in [2.24, 2.45) is 0 Å². The maximum Gasteiger partial charge on any atom is 0.161 e. The van der Waals surface area contributed by atoms with Crippen LogP contribution in [-0.2, 0) is 13.2 Å². The van der Waals surface area contributed by atoms with E-state index in [0.717, 1.165) is 59.1 Å². The van der Waals surface area contributed by atoms with Crippen LogP contribution in [0.15, 0.2) is 78.9 Å². The Kier molecular flexibility index (Phi) is 7.64. The fourth-order valence-electron chi connectivity index (χ4n) is 3.80. The summed E-state index contributed by atoms with van der Waals surface area (Å²) >= 11 is 0. The first kappa shape index (κ1) is 22.5. The average molecular weight is 443 g/mol. The van der Waals surface area contributed by atoms with Crippen molar-refractivity contribution in [2.45, 2.75) is 32.9 Å². The lowest BCUT2D eigenvalue weighted by Gasteiger charge is -2.13. The summed E-state index contributed by atoms with van der Waals surface area (Å²) in [6.07, 6.45) is 5.94. The summed E-state index contributed by atoms with van der Waals surface area (Å²) < 4.78 is 19.7. The van der Waals surface area contributed by atoms with Crippen molar-refractivity contribution in [3.63, 3.8) is 0 Å². The van der Waals surface area contributed by atoms with Crippen LogP contribution in [0.5, 0.6) is 17.2 Å². The Morgan fingerprint density at radius 2 is 1.70 bits per heavy atom. The van der Waals surface area contributed by atoms with Gasteiger partial charge >= 0.3 is 0 Å². The molecule has 3 aromatic carbocycles. The van der Waals surface area contributed by atoms with Crippen LogP contribution < -0.4 is 14.2 Å². The molecule has 0 spiro atoms. The standard InChI is InChI=1S/C28H30N2O3/c1-3-11-22-16-17-26(27(20-22)31-2)32-19-10-9-18-30-25-15-8-7-14-24(25)29-28(30)21-33-23-12-5-4-6-13-23/h3-8,11-17,20H,9-10,18-19,21H2,1-2H3/b11-3+. The topological polar surface area (TPSA) is 45.5 Å². The van der Waals surface area contributed by atoms with Crippen molar-refractivity contribution in [1.29, 1.82) is 0 Å². The zero-order valence-corrected chi connectivity index (χ0v) is 19.2. The van der Waals surface area contributed by atoms with Crippen molar-refractivity contribution in [2.75, 3.05) is 13.7 Å². The van der Waals surface area contributed by atoms with E-state index in [1.807, 2.05) is 79.7 Å². The van der Waals surface area contributed by atoms with Crippen molar-refractivity contribution in [1.82, 2.24) is 9.55 Å². The van der Waals surface area contributed by atoms with Gasteiger partial charge in [0.2, 0.25) is 0 Å². The lowest BCUT2D eigenvalue weighted by Crippen LogP contribution is -2.09. The molecule has 0 fully saturated rings. The first-order valence-electron chi connectivity index (χ1n) is 11.3. The maximum absolute atomic E-state index is 6.00. The molecule has 0 saturated heterocycles. The van der Waals surface area contributed by atoms with Gasteiger partial charge in [0.15, 0.2) is 11.5 Å². The highest BCUT2D eigenvalue weighted by atomic mass is 16.5. The zero-order chi connectivity index (χ0) is 22.9. The molecule has 0 unspecified atom stereocenters. The predicted molar refractivity (Wildman–Crippen MR) is 133 cm³/mol. The van der Waals surface area contributed by atoms with E-state index in [-0.39, 0.29) is 0 Å². The number of allylic oxidation sites excluding steroid dienone is 1. The summed E-state index contributed by atoms with van der Waals surface area (Å²) in [5.74, 6) is 3.31. The van der Waals surface area contributed by atoms with Crippen LogP contribution in [0, 0.1) is 0 Å². The summed E-state index contributed by atoms with van der Waals surface area (Å²) in [6, 6.07) is 24.1. The number of hydrogen-bond acceptors (Lipinski definition) is 4. The minimum Gasteiger partial charge on any atom is -0.493 e. The number of benzene rings is 3. The molecule has 170 valence electrons. The van der Waals surface area contributed by atoms with Gasteiger partial charge in [0.25, 0.3) is 0 Å². The highest BCUT2D eigenvalue weighted by Gasteiger charge is 2.11. The smallest absolute Gasteiger partial charge is 0.161 e. The second-order valence-corrected chi connectivity index (χ2v) is 7.74. The Labute approximate surface area is 195 Å². The van der Waals surface area contributed by atoms with E-state index in [0.29, 0.717) is 13.2 Å². The minimum absolute atomic E-state index is 0.435. The number of aryl methyl sites for hydroxylation is 1. The molecule has 4 aromatic rings. The Bertz CT molecular complexity index is 1200. The largest absolute Gasteiger partial charge is 0.493 e. The first-order chi connectivity index (χ1) is 16.3. The molecule has 0 radical (unpaired) electrons. The number of methoxy groups -OCH3 is 1. The van der Waals surface area contributed by atoms with Crippen LogP contribution >= 0.6 is 0 Å². The van der Waals surface area contributed by atoms with E-state index in [4.69, 9.17) is 19.2 Å². The molecule has 0 amide bonds. The Morgan fingerprint density at radius 1 is 0.879 bits per heavy atom. The van der Waals surface area contributed by atoms with E-state index >= 15 is 0 Å².